The molecule has 0 spiro atoms. The Kier molecular flexibility index (Phi) is 11.6. The molecule has 0 radical (unpaired) electrons. The van der Waals surface area contributed by atoms with Gasteiger partial charge in [-0.2, -0.15) is 0 Å². The Morgan fingerprint density at radius 1 is 1.12 bits per heavy atom. The van der Waals surface area contributed by atoms with Crippen LogP contribution in [-0.4, -0.2) is 87.7 Å². The monoisotopic (exact) mass is 398 g/mol. The molecule has 0 aromatic rings. The number of hydrogen-bond donors (Lipinski definition) is 2. The minimum Gasteiger partial charge on any atom is -0.384 e. The van der Waals surface area contributed by atoms with Gasteiger partial charge in [0.2, 0.25) is 11.8 Å². The lowest BCUT2D eigenvalue weighted by Gasteiger charge is -2.42. The van der Waals surface area contributed by atoms with Crippen molar-refractivity contribution in [2.75, 3.05) is 66.1 Å². The van der Waals surface area contributed by atoms with Crippen LogP contribution in [0.15, 0.2) is 0 Å². The quantitative estimate of drug-likeness (QED) is 0.664. The Hall–Kier alpha value is -0.600. The molecule has 2 aliphatic rings. The van der Waals surface area contributed by atoms with Crippen LogP contribution in [0.1, 0.15) is 19.8 Å². The Labute approximate surface area is 163 Å². The van der Waals surface area contributed by atoms with E-state index in [4.69, 9.17) is 4.74 Å². The summed E-state index contributed by atoms with van der Waals surface area (Å²) in [6, 6.07) is 0. The van der Waals surface area contributed by atoms with Crippen LogP contribution < -0.4 is 10.6 Å². The number of methoxy groups -OCH3 is 1. The summed E-state index contributed by atoms with van der Waals surface area (Å²) in [5, 5.41) is 6.13. The van der Waals surface area contributed by atoms with E-state index < -0.39 is 0 Å². The Balaban J connectivity index is 0.00000288. The molecule has 0 atom stereocenters. The molecule has 148 valence electrons. The first-order valence-corrected chi connectivity index (χ1v) is 8.59. The molecule has 2 N–H and O–H groups in total. The van der Waals surface area contributed by atoms with E-state index in [2.05, 4.69) is 15.5 Å². The molecule has 2 aliphatic heterocycles. The molecule has 0 aromatic carbocycles. The topological polar surface area (TPSA) is 73.9 Å². The average molecular weight is 399 g/mol. The van der Waals surface area contributed by atoms with Crippen molar-refractivity contribution in [1.29, 1.82) is 0 Å². The summed E-state index contributed by atoms with van der Waals surface area (Å²) in [5.41, 5.74) is -0.373. The number of likely N-dealkylation sites (N-methyl/N-ethyl adjacent to an activating group) is 1. The van der Waals surface area contributed by atoms with E-state index in [1.807, 2.05) is 11.8 Å². The normalized spacial score (nSPS) is 20.2. The van der Waals surface area contributed by atoms with Crippen molar-refractivity contribution in [3.05, 3.63) is 0 Å². The van der Waals surface area contributed by atoms with Crippen LogP contribution in [0, 0.1) is 5.41 Å². The van der Waals surface area contributed by atoms with Crippen LogP contribution in [0.2, 0.25) is 0 Å². The predicted molar refractivity (Wildman–Crippen MR) is 103 cm³/mol. The number of amides is 2. The van der Waals surface area contributed by atoms with Crippen molar-refractivity contribution in [1.82, 2.24) is 20.4 Å². The molecule has 9 heteroatoms. The summed E-state index contributed by atoms with van der Waals surface area (Å²) in [6.45, 7) is 8.12. The second-order valence-corrected chi connectivity index (χ2v) is 6.49. The van der Waals surface area contributed by atoms with E-state index in [0.717, 1.165) is 39.0 Å². The largest absolute Gasteiger partial charge is 0.384 e. The molecule has 2 fully saturated rings. The molecule has 2 amide bonds. The zero-order valence-corrected chi connectivity index (χ0v) is 16.8. The summed E-state index contributed by atoms with van der Waals surface area (Å²) in [4.78, 5) is 28.7. The van der Waals surface area contributed by atoms with Gasteiger partial charge < -0.3 is 20.3 Å². The first kappa shape index (κ1) is 24.4. The number of piperidine rings is 1. The van der Waals surface area contributed by atoms with Gasteiger partial charge in [0.15, 0.2) is 0 Å². The van der Waals surface area contributed by atoms with Crippen molar-refractivity contribution in [2.24, 2.45) is 5.41 Å². The maximum atomic E-state index is 13.0. The summed E-state index contributed by atoms with van der Waals surface area (Å²) < 4.78 is 5.36. The minimum atomic E-state index is -0.373. The maximum absolute atomic E-state index is 13.0. The molecule has 2 saturated heterocycles. The van der Waals surface area contributed by atoms with Gasteiger partial charge in [-0.1, -0.05) is 0 Å². The molecule has 0 bridgehead atoms. The van der Waals surface area contributed by atoms with Gasteiger partial charge in [0.05, 0.1) is 18.6 Å². The summed E-state index contributed by atoms with van der Waals surface area (Å²) in [7, 11) is 1.67. The van der Waals surface area contributed by atoms with Gasteiger partial charge in [0.1, 0.15) is 0 Å². The highest BCUT2D eigenvalue weighted by molar-refractivity contribution is 5.85. The highest BCUT2D eigenvalue weighted by Gasteiger charge is 2.42. The highest BCUT2D eigenvalue weighted by Crippen LogP contribution is 2.32. The molecule has 2 heterocycles. The van der Waals surface area contributed by atoms with Crippen molar-refractivity contribution in [3.63, 3.8) is 0 Å². The third kappa shape index (κ3) is 6.57. The molecule has 25 heavy (non-hydrogen) atoms. The van der Waals surface area contributed by atoms with Crippen molar-refractivity contribution < 1.29 is 14.3 Å². The van der Waals surface area contributed by atoms with E-state index in [1.165, 1.54) is 0 Å². The predicted octanol–water partition coefficient (Wildman–Crippen LogP) is 0.127. The highest BCUT2D eigenvalue weighted by atomic mass is 35.5. The SMILES string of the molecule is CCNC(=O)CN1CCN(C(=O)C2(COC)CCNCC2)CC1.Cl.Cl. The molecule has 7 nitrogen and oxygen atoms in total. The summed E-state index contributed by atoms with van der Waals surface area (Å²) in [6.07, 6.45) is 1.66. The number of piperazine rings is 1. The maximum Gasteiger partial charge on any atom is 0.234 e. The van der Waals surface area contributed by atoms with Gasteiger partial charge in [0.25, 0.3) is 0 Å². The van der Waals surface area contributed by atoms with E-state index in [-0.39, 0.29) is 42.0 Å². The average Bonchev–Trinajstić information content (AvgIpc) is 2.56. The van der Waals surface area contributed by atoms with Crippen LogP contribution in [0.5, 0.6) is 0 Å². The van der Waals surface area contributed by atoms with E-state index in [1.54, 1.807) is 7.11 Å². The third-order valence-corrected chi connectivity index (χ3v) is 4.84. The van der Waals surface area contributed by atoms with Crippen LogP contribution in [-0.2, 0) is 14.3 Å². The lowest BCUT2D eigenvalue weighted by atomic mass is 9.78. The van der Waals surface area contributed by atoms with Crippen molar-refractivity contribution >= 4 is 36.6 Å². The van der Waals surface area contributed by atoms with Crippen LogP contribution in [0.4, 0.5) is 0 Å². The van der Waals surface area contributed by atoms with Crippen molar-refractivity contribution in [2.45, 2.75) is 19.8 Å². The summed E-state index contributed by atoms with van der Waals surface area (Å²) >= 11 is 0. The fourth-order valence-corrected chi connectivity index (χ4v) is 3.50. The summed E-state index contributed by atoms with van der Waals surface area (Å²) in [5.74, 6) is 0.278. The molecular weight excluding hydrogens is 367 g/mol. The van der Waals surface area contributed by atoms with Gasteiger partial charge in [-0.25, -0.2) is 0 Å². The molecule has 0 aromatic heterocycles. The second kappa shape index (κ2) is 11.9. The minimum absolute atomic E-state index is 0. The number of carbonyl (C=O) groups excluding carboxylic acids is 2. The number of nitrogens with one attached hydrogen (secondary N) is 2. The first-order valence-electron chi connectivity index (χ1n) is 8.59. The molecule has 0 saturated carbocycles. The Morgan fingerprint density at radius 3 is 2.24 bits per heavy atom. The Morgan fingerprint density at radius 2 is 1.72 bits per heavy atom. The number of carbonyl (C=O) groups is 2. The lowest BCUT2D eigenvalue weighted by molar-refractivity contribution is -0.149. The standard InChI is InChI=1S/C16H30N4O3.2ClH/c1-3-18-14(21)12-19-8-10-20(11-9-19)15(22)16(13-23-2)4-6-17-7-5-16;;/h17H,3-13H2,1-2H3,(H,18,21);2*1H. The lowest BCUT2D eigenvalue weighted by Crippen LogP contribution is -2.57. The smallest absolute Gasteiger partial charge is 0.234 e. The Bertz CT molecular complexity index is 407. The van der Waals surface area contributed by atoms with E-state index in [9.17, 15) is 9.59 Å². The molecule has 2 rings (SSSR count). The first-order chi connectivity index (χ1) is 11.1. The number of halogens is 2. The van der Waals surface area contributed by atoms with E-state index >= 15 is 0 Å². The zero-order chi connectivity index (χ0) is 16.7. The second-order valence-electron chi connectivity index (χ2n) is 6.49. The fraction of sp³-hybridized carbons (Fsp3) is 0.875. The molecule has 0 unspecified atom stereocenters. The van der Waals surface area contributed by atoms with Gasteiger partial charge in [0, 0.05) is 39.8 Å². The number of ether oxygens (including phenoxy) is 1. The third-order valence-electron chi connectivity index (χ3n) is 4.84. The number of nitrogens with zero attached hydrogens (tertiary/aromatic N) is 2. The van der Waals surface area contributed by atoms with Gasteiger partial charge in [-0.05, 0) is 32.9 Å². The van der Waals surface area contributed by atoms with Gasteiger partial charge in [-0.3, -0.25) is 14.5 Å². The zero-order valence-electron chi connectivity index (χ0n) is 15.2. The van der Waals surface area contributed by atoms with Crippen molar-refractivity contribution in [3.8, 4) is 0 Å². The molecular formula is C16H32Cl2N4O3. The van der Waals surface area contributed by atoms with Gasteiger partial charge >= 0.3 is 0 Å². The van der Waals surface area contributed by atoms with E-state index in [0.29, 0.717) is 32.8 Å². The van der Waals surface area contributed by atoms with Crippen LogP contribution >= 0.6 is 24.8 Å². The number of hydrogen-bond acceptors (Lipinski definition) is 5. The fourth-order valence-electron chi connectivity index (χ4n) is 3.50. The molecule has 0 aliphatic carbocycles. The van der Waals surface area contributed by atoms with Crippen LogP contribution in [0.25, 0.3) is 0 Å². The van der Waals surface area contributed by atoms with Gasteiger partial charge in [-0.15, -0.1) is 24.8 Å². The number of rotatable bonds is 6. The van der Waals surface area contributed by atoms with Crippen LogP contribution in [0.3, 0.4) is 0 Å².